The highest BCUT2D eigenvalue weighted by molar-refractivity contribution is 7.96. The van der Waals surface area contributed by atoms with Gasteiger partial charge in [0.15, 0.2) is 31.2 Å². The molecule has 1 aromatic rings. The SMILES string of the molecule is COc1ccc(S(=O)(=O)[C@H]2CS(=O)(=O)C[C@@H]2NC(C)C)cc1OC. The molecule has 24 heavy (non-hydrogen) atoms. The fraction of sp³-hybridized carbons (Fsp3) is 0.600. The second kappa shape index (κ2) is 6.89. The van der Waals surface area contributed by atoms with Gasteiger partial charge in [-0.15, -0.1) is 0 Å². The summed E-state index contributed by atoms with van der Waals surface area (Å²) in [7, 11) is -4.38. The van der Waals surface area contributed by atoms with E-state index in [0.717, 1.165) is 0 Å². The summed E-state index contributed by atoms with van der Waals surface area (Å²) in [5, 5.41) is 2.04. The zero-order valence-corrected chi connectivity index (χ0v) is 15.8. The van der Waals surface area contributed by atoms with Gasteiger partial charge in [-0.3, -0.25) is 0 Å². The fourth-order valence-electron chi connectivity index (χ4n) is 2.87. The molecular formula is C15H23NO6S2. The van der Waals surface area contributed by atoms with Crippen LogP contribution < -0.4 is 14.8 Å². The molecule has 0 amide bonds. The third-order valence-corrected chi connectivity index (χ3v) is 8.08. The summed E-state index contributed by atoms with van der Waals surface area (Å²) in [6, 6.07) is 3.62. The molecule has 0 spiro atoms. The maximum Gasteiger partial charge on any atom is 0.183 e. The van der Waals surface area contributed by atoms with Gasteiger partial charge in [-0.05, 0) is 12.1 Å². The minimum Gasteiger partial charge on any atom is -0.493 e. The Morgan fingerprint density at radius 3 is 2.29 bits per heavy atom. The van der Waals surface area contributed by atoms with E-state index in [4.69, 9.17) is 9.47 Å². The van der Waals surface area contributed by atoms with Crippen molar-refractivity contribution in [3.05, 3.63) is 18.2 Å². The molecule has 0 unspecified atom stereocenters. The van der Waals surface area contributed by atoms with Gasteiger partial charge in [0.1, 0.15) is 0 Å². The Morgan fingerprint density at radius 1 is 1.12 bits per heavy atom. The van der Waals surface area contributed by atoms with Crippen molar-refractivity contribution < 1.29 is 26.3 Å². The normalized spacial score (nSPS) is 23.4. The Bertz CT molecular complexity index is 801. The van der Waals surface area contributed by atoms with Crippen molar-refractivity contribution in [3.63, 3.8) is 0 Å². The van der Waals surface area contributed by atoms with Crippen LogP contribution in [0.1, 0.15) is 13.8 Å². The minimum absolute atomic E-state index is 0.0218. The Labute approximate surface area is 143 Å². The fourth-order valence-corrected chi connectivity index (χ4v) is 7.56. The molecule has 1 aromatic carbocycles. The maximum atomic E-state index is 13.0. The van der Waals surface area contributed by atoms with E-state index in [1.807, 2.05) is 13.8 Å². The Morgan fingerprint density at radius 2 is 1.75 bits per heavy atom. The minimum atomic E-state index is -3.84. The summed E-state index contributed by atoms with van der Waals surface area (Å²) in [5.41, 5.74) is 0. The van der Waals surface area contributed by atoms with Crippen LogP contribution in [0, 0.1) is 0 Å². The van der Waals surface area contributed by atoms with E-state index in [-0.39, 0.29) is 28.2 Å². The van der Waals surface area contributed by atoms with Crippen LogP contribution in [0.15, 0.2) is 23.1 Å². The Balaban J connectivity index is 2.45. The number of ether oxygens (including phenoxy) is 2. The van der Waals surface area contributed by atoms with E-state index in [1.54, 1.807) is 0 Å². The highest BCUT2D eigenvalue weighted by atomic mass is 32.2. The second-order valence-corrected chi connectivity index (χ2v) is 10.4. The van der Waals surface area contributed by atoms with Crippen LogP contribution in [0.5, 0.6) is 11.5 Å². The molecule has 1 aliphatic heterocycles. The van der Waals surface area contributed by atoms with Crippen LogP contribution in [0.25, 0.3) is 0 Å². The number of benzene rings is 1. The van der Waals surface area contributed by atoms with Crippen molar-refractivity contribution in [1.82, 2.24) is 5.32 Å². The predicted octanol–water partition coefficient (Wildman–Crippen LogP) is 0.641. The number of methoxy groups -OCH3 is 2. The van der Waals surface area contributed by atoms with Gasteiger partial charge < -0.3 is 14.8 Å². The number of nitrogens with one attached hydrogen (secondary N) is 1. The van der Waals surface area contributed by atoms with Crippen LogP contribution in [0.2, 0.25) is 0 Å². The molecule has 2 rings (SSSR count). The molecule has 9 heteroatoms. The summed E-state index contributed by atoms with van der Waals surface area (Å²) < 4.78 is 60.2. The van der Waals surface area contributed by atoms with E-state index >= 15 is 0 Å². The highest BCUT2D eigenvalue weighted by Crippen LogP contribution is 2.33. The summed E-state index contributed by atoms with van der Waals surface area (Å²) in [5.74, 6) is 0.135. The largest absolute Gasteiger partial charge is 0.493 e. The molecule has 0 bridgehead atoms. The zero-order valence-electron chi connectivity index (χ0n) is 14.1. The van der Waals surface area contributed by atoms with Gasteiger partial charge in [-0.25, -0.2) is 16.8 Å². The summed E-state index contributed by atoms with van der Waals surface area (Å²) in [6.07, 6.45) is 0. The Hall–Kier alpha value is -1.32. The van der Waals surface area contributed by atoms with Crippen LogP contribution >= 0.6 is 0 Å². The maximum absolute atomic E-state index is 13.0. The van der Waals surface area contributed by atoms with Crippen molar-refractivity contribution in [2.24, 2.45) is 0 Å². The molecular weight excluding hydrogens is 354 g/mol. The molecule has 1 aliphatic rings. The van der Waals surface area contributed by atoms with E-state index in [0.29, 0.717) is 5.75 Å². The van der Waals surface area contributed by atoms with Crippen molar-refractivity contribution in [1.29, 1.82) is 0 Å². The van der Waals surface area contributed by atoms with Crippen molar-refractivity contribution in [2.45, 2.75) is 36.1 Å². The lowest BCUT2D eigenvalue weighted by Gasteiger charge is -2.22. The average Bonchev–Trinajstić information content (AvgIpc) is 2.80. The van der Waals surface area contributed by atoms with Gasteiger partial charge >= 0.3 is 0 Å². The van der Waals surface area contributed by atoms with E-state index < -0.39 is 31.0 Å². The Kier molecular flexibility index (Phi) is 5.46. The van der Waals surface area contributed by atoms with Crippen LogP contribution in [-0.2, 0) is 19.7 Å². The standard InChI is InChI=1S/C15H23NO6S2/c1-10(2)16-12-8-23(17,18)9-15(12)24(19,20)11-5-6-13(21-3)14(7-11)22-4/h5-7,10,12,15-16H,8-9H2,1-4H3/t12-,15-/m0/s1. The lowest BCUT2D eigenvalue weighted by Crippen LogP contribution is -2.46. The van der Waals surface area contributed by atoms with E-state index in [2.05, 4.69) is 5.32 Å². The molecule has 136 valence electrons. The van der Waals surface area contributed by atoms with Gasteiger partial charge in [-0.1, -0.05) is 13.8 Å². The molecule has 1 heterocycles. The summed E-state index contributed by atoms with van der Waals surface area (Å²) in [6.45, 7) is 3.70. The highest BCUT2D eigenvalue weighted by Gasteiger charge is 2.46. The number of hydrogen-bond donors (Lipinski definition) is 1. The third-order valence-electron chi connectivity index (χ3n) is 3.93. The average molecular weight is 377 g/mol. The van der Waals surface area contributed by atoms with Gasteiger partial charge in [0.25, 0.3) is 0 Å². The molecule has 1 fully saturated rings. The van der Waals surface area contributed by atoms with Crippen molar-refractivity contribution in [2.75, 3.05) is 25.7 Å². The quantitative estimate of drug-likeness (QED) is 0.777. The monoisotopic (exact) mass is 377 g/mol. The first-order valence-corrected chi connectivity index (χ1v) is 10.9. The van der Waals surface area contributed by atoms with Gasteiger partial charge in [0, 0.05) is 18.2 Å². The first kappa shape index (κ1) is 19.0. The molecule has 1 N–H and O–H groups in total. The number of sulfone groups is 2. The molecule has 2 atom stereocenters. The predicted molar refractivity (Wildman–Crippen MR) is 91.2 cm³/mol. The second-order valence-electron chi connectivity index (χ2n) is 6.11. The first-order chi connectivity index (χ1) is 11.1. The van der Waals surface area contributed by atoms with Gasteiger partial charge in [-0.2, -0.15) is 0 Å². The third kappa shape index (κ3) is 3.84. The molecule has 0 aliphatic carbocycles. The molecule has 1 saturated heterocycles. The number of rotatable bonds is 6. The van der Waals surface area contributed by atoms with Crippen LogP contribution in [0.3, 0.4) is 0 Å². The summed E-state index contributed by atoms with van der Waals surface area (Å²) >= 11 is 0. The van der Waals surface area contributed by atoms with Crippen LogP contribution in [-0.4, -0.2) is 59.9 Å². The molecule has 0 radical (unpaired) electrons. The van der Waals surface area contributed by atoms with E-state index in [9.17, 15) is 16.8 Å². The summed E-state index contributed by atoms with van der Waals surface area (Å²) in [4.78, 5) is 0.0257. The van der Waals surface area contributed by atoms with Crippen LogP contribution in [0.4, 0.5) is 0 Å². The number of hydrogen-bond acceptors (Lipinski definition) is 7. The zero-order chi connectivity index (χ0) is 18.1. The molecule has 0 saturated carbocycles. The topological polar surface area (TPSA) is 98.8 Å². The molecule has 0 aromatic heterocycles. The van der Waals surface area contributed by atoms with Crippen molar-refractivity contribution >= 4 is 19.7 Å². The molecule has 7 nitrogen and oxygen atoms in total. The van der Waals surface area contributed by atoms with E-state index in [1.165, 1.54) is 32.4 Å². The van der Waals surface area contributed by atoms with Gasteiger partial charge in [0.2, 0.25) is 0 Å². The lowest BCUT2D eigenvalue weighted by molar-refractivity contribution is 0.354. The lowest BCUT2D eigenvalue weighted by atomic mass is 10.2. The first-order valence-electron chi connectivity index (χ1n) is 7.53. The van der Waals surface area contributed by atoms with Gasteiger partial charge in [0.05, 0.1) is 35.9 Å². The smallest absolute Gasteiger partial charge is 0.183 e. The van der Waals surface area contributed by atoms with Crippen molar-refractivity contribution in [3.8, 4) is 11.5 Å².